The molecule has 0 bridgehead atoms. The summed E-state index contributed by atoms with van der Waals surface area (Å²) >= 11 is 0. The van der Waals surface area contributed by atoms with E-state index in [1.165, 1.54) is 6.07 Å². The first-order valence-corrected chi connectivity index (χ1v) is 3.69. The molecule has 0 N–H and O–H groups in total. The van der Waals surface area contributed by atoms with E-state index in [9.17, 15) is 10.1 Å². The number of rotatable bonds is 1. The minimum absolute atomic E-state index is 0.0469. The molecule has 0 spiro atoms. The van der Waals surface area contributed by atoms with Crippen molar-refractivity contribution in [3.05, 3.63) is 46.6 Å². The quantitative estimate of drug-likeness (QED) is 0.489. The van der Waals surface area contributed by atoms with E-state index in [-0.39, 0.29) is 5.69 Å². The first-order chi connectivity index (χ1) is 6.29. The molecule has 0 saturated carbocycles. The van der Waals surface area contributed by atoms with Gasteiger partial charge in [-0.15, -0.1) is 0 Å². The zero-order valence-corrected chi connectivity index (χ0v) is 6.60. The van der Waals surface area contributed by atoms with Crippen LogP contribution < -0.4 is 0 Å². The van der Waals surface area contributed by atoms with Gasteiger partial charge in [-0.2, -0.15) is 0 Å². The van der Waals surface area contributed by atoms with Crippen LogP contribution in [0.25, 0.3) is 10.9 Å². The smallest absolute Gasteiger partial charge is 0.258 e. The van der Waals surface area contributed by atoms with Crippen LogP contribution in [0.15, 0.2) is 30.3 Å². The molecule has 1 aromatic carbocycles. The maximum Gasteiger partial charge on any atom is 0.281 e. The zero-order valence-electron chi connectivity index (χ0n) is 6.60. The Balaban J connectivity index is 2.83. The first-order valence-electron chi connectivity index (χ1n) is 3.69. The molecule has 4 nitrogen and oxygen atoms in total. The third-order valence-electron chi connectivity index (χ3n) is 1.76. The monoisotopic (exact) mass is 173 g/mol. The van der Waals surface area contributed by atoms with E-state index in [0.717, 1.165) is 0 Å². The van der Waals surface area contributed by atoms with Crippen LogP contribution in [-0.2, 0) is 0 Å². The molecule has 0 aliphatic rings. The Hall–Kier alpha value is -1.97. The molecule has 2 aromatic rings. The second kappa shape index (κ2) is 2.82. The molecular weight excluding hydrogens is 168 g/mol. The predicted molar refractivity (Wildman–Crippen MR) is 47.2 cm³/mol. The largest absolute Gasteiger partial charge is 0.281 e. The van der Waals surface area contributed by atoms with Crippen LogP contribution >= 0.6 is 0 Å². The number of hydrogen-bond donors (Lipinski definition) is 0. The summed E-state index contributed by atoms with van der Waals surface area (Å²) in [6, 6.07) is 8.21. The second-order valence-corrected chi connectivity index (χ2v) is 2.54. The van der Waals surface area contributed by atoms with Gasteiger partial charge in [0, 0.05) is 6.07 Å². The van der Waals surface area contributed by atoms with Gasteiger partial charge in [0.1, 0.15) is 0 Å². The Morgan fingerprint density at radius 2 is 2.15 bits per heavy atom. The molecule has 0 aliphatic heterocycles. The van der Waals surface area contributed by atoms with Crippen LogP contribution in [0.1, 0.15) is 0 Å². The summed E-state index contributed by atoms with van der Waals surface area (Å²) in [5.74, 6) is 0. The van der Waals surface area contributed by atoms with E-state index in [1.807, 2.05) is 0 Å². The molecule has 0 atom stereocenters. The number of fused-ring (bicyclic) bond motifs is 1. The van der Waals surface area contributed by atoms with Gasteiger partial charge in [0.2, 0.25) is 0 Å². The molecule has 0 amide bonds. The van der Waals surface area contributed by atoms with Crippen LogP contribution in [0.5, 0.6) is 0 Å². The molecule has 1 radical (unpaired) electrons. The lowest BCUT2D eigenvalue weighted by molar-refractivity contribution is -0.383. The van der Waals surface area contributed by atoms with Gasteiger partial charge in [0.15, 0.2) is 0 Å². The highest BCUT2D eigenvalue weighted by Crippen LogP contribution is 2.22. The fourth-order valence-corrected chi connectivity index (χ4v) is 1.18. The van der Waals surface area contributed by atoms with Gasteiger partial charge in [-0.1, -0.05) is 12.1 Å². The highest BCUT2D eigenvalue weighted by molar-refractivity contribution is 5.87. The van der Waals surface area contributed by atoms with E-state index < -0.39 is 4.92 Å². The number of nitrogens with zero attached hydrogens (tertiary/aromatic N) is 2. The second-order valence-electron chi connectivity index (χ2n) is 2.54. The maximum absolute atomic E-state index is 10.6. The highest BCUT2D eigenvalue weighted by atomic mass is 16.6. The van der Waals surface area contributed by atoms with Gasteiger partial charge in [0.05, 0.1) is 22.0 Å². The topological polar surface area (TPSA) is 56.0 Å². The van der Waals surface area contributed by atoms with Gasteiger partial charge in [0.25, 0.3) is 5.69 Å². The average molecular weight is 173 g/mol. The molecule has 63 valence electrons. The fourth-order valence-electron chi connectivity index (χ4n) is 1.18. The van der Waals surface area contributed by atoms with Gasteiger partial charge in [-0.3, -0.25) is 10.1 Å². The van der Waals surface area contributed by atoms with Crippen LogP contribution in [0, 0.1) is 16.3 Å². The third-order valence-corrected chi connectivity index (χ3v) is 1.76. The SMILES string of the molecule is O=[N+]([O-])c1c[c]nc2ccccc12. The summed E-state index contributed by atoms with van der Waals surface area (Å²) in [6.07, 6.45) is 2.49. The number of pyridine rings is 1. The molecule has 0 fully saturated rings. The van der Waals surface area contributed by atoms with E-state index in [2.05, 4.69) is 11.2 Å². The van der Waals surface area contributed by atoms with Crippen molar-refractivity contribution in [3.63, 3.8) is 0 Å². The molecule has 4 heteroatoms. The lowest BCUT2D eigenvalue weighted by atomic mass is 10.2. The number of para-hydroxylation sites is 1. The summed E-state index contributed by atoms with van der Waals surface area (Å²) in [5.41, 5.74) is 0.641. The molecule has 1 heterocycles. The van der Waals surface area contributed by atoms with Gasteiger partial charge < -0.3 is 0 Å². The van der Waals surface area contributed by atoms with E-state index in [4.69, 9.17) is 0 Å². The summed E-state index contributed by atoms with van der Waals surface area (Å²) < 4.78 is 0. The summed E-state index contributed by atoms with van der Waals surface area (Å²) in [5, 5.41) is 11.1. The fraction of sp³-hybridized carbons (Fsp3) is 0. The van der Waals surface area contributed by atoms with Crippen molar-refractivity contribution < 1.29 is 4.92 Å². The molecule has 0 saturated heterocycles. The van der Waals surface area contributed by atoms with Crippen LogP contribution in [0.4, 0.5) is 5.69 Å². The van der Waals surface area contributed by atoms with Crippen LogP contribution in [0.2, 0.25) is 0 Å². The number of hydrogen-bond acceptors (Lipinski definition) is 3. The molecule has 13 heavy (non-hydrogen) atoms. The Morgan fingerprint density at radius 3 is 2.92 bits per heavy atom. The summed E-state index contributed by atoms with van der Waals surface area (Å²) in [4.78, 5) is 14.0. The lowest BCUT2D eigenvalue weighted by Crippen LogP contribution is -1.90. The number of benzene rings is 1. The van der Waals surface area contributed by atoms with Crippen LogP contribution in [-0.4, -0.2) is 9.91 Å². The molecule has 0 unspecified atom stereocenters. The van der Waals surface area contributed by atoms with Gasteiger partial charge in [-0.05, 0) is 12.1 Å². The maximum atomic E-state index is 10.6. The lowest BCUT2D eigenvalue weighted by Gasteiger charge is -1.95. The first kappa shape index (κ1) is 7.67. The van der Waals surface area contributed by atoms with Gasteiger partial charge >= 0.3 is 0 Å². The standard InChI is InChI=1S/C9H5N2O2/c12-11(13)9-5-6-10-8-4-2-1-3-7(8)9/h1-5H. The Bertz CT molecular complexity index is 463. The zero-order chi connectivity index (χ0) is 9.26. The van der Waals surface area contributed by atoms with Crippen molar-refractivity contribution in [1.29, 1.82) is 0 Å². The number of nitro groups is 1. The van der Waals surface area contributed by atoms with Crippen molar-refractivity contribution in [2.75, 3.05) is 0 Å². The van der Waals surface area contributed by atoms with Crippen molar-refractivity contribution in [2.45, 2.75) is 0 Å². The summed E-state index contributed by atoms with van der Waals surface area (Å²) in [7, 11) is 0. The summed E-state index contributed by atoms with van der Waals surface area (Å²) in [6.45, 7) is 0. The highest BCUT2D eigenvalue weighted by Gasteiger charge is 2.10. The third kappa shape index (κ3) is 1.22. The predicted octanol–water partition coefficient (Wildman–Crippen LogP) is 1.94. The van der Waals surface area contributed by atoms with Crippen molar-refractivity contribution in [2.24, 2.45) is 0 Å². The van der Waals surface area contributed by atoms with Crippen molar-refractivity contribution >= 4 is 16.6 Å². The van der Waals surface area contributed by atoms with E-state index in [0.29, 0.717) is 10.9 Å². The Morgan fingerprint density at radius 1 is 1.38 bits per heavy atom. The van der Waals surface area contributed by atoms with Crippen molar-refractivity contribution in [1.82, 2.24) is 4.98 Å². The molecule has 1 aromatic heterocycles. The number of aromatic nitrogens is 1. The Labute approximate surface area is 74.0 Å². The van der Waals surface area contributed by atoms with E-state index in [1.54, 1.807) is 24.3 Å². The normalized spacial score (nSPS) is 10.2. The molecule has 0 aliphatic carbocycles. The van der Waals surface area contributed by atoms with Crippen molar-refractivity contribution in [3.8, 4) is 0 Å². The van der Waals surface area contributed by atoms with Gasteiger partial charge in [-0.25, -0.2) is 4.98 Å². The minimum Gasteiger partial charge on any atom is -0.258 e. The van der Waals surface area contributed by atoms with E-state index >= 15 is 0 Å². The average Bonchev–Trinajstić information content (AvgIpc) is 2.17. The molecule has 2 rings (SSSR count). The minimum atomic E-state index is -0.430. The van der Waals surface area contributed by atoms with Crippen LogP contribution in [0.3, 0.4) is 0 Å². The Kier molecular flexibility index (Phi) is 1.66. The molecular formula is C9H5N2O2.